The van der Waals surface area contributed by atoms with Gasteiger partial charge in [0.05, 0.1) is 30.4 Å². The SMILES string of the molecule is COc1ccccc1-c1nccc(COc2ccc3cc2C[C@H](C(=O)O)Oc2ncnc4sc(-c5ccc(F)cc5)c(c24)-c2ccc(c(Cl)c2C)CN(CCCN2CCN(CCO)CC2)C3)n1. The molecule has 4 bridgehead atoms. The second-order valence-electron chi connectivity index (χ2n) is 16.8. The largest absolute Gasteiger partial charge is 0.496 e. The van der Waals surface area contributed by atoms with Gasteiger partial charge < -0.3 is 29.3 Å². The quantitative estimate of drug-likeness (QED) is 0.114. The van der Waals surface area contributed by atoms with E-state index in [1.54, 1.807) is 31.5 Å². The first-order valence-corrected chi connectivity index (χ1v) is 23.5. The topological polar surface area (TPSA) is 146 Å². The lowest BCUT2D eigenvalue weighted by Gasteiger charge is -2.34. The first-order chi connectivity index (χ1) is 32.6. The summed E-state index contributed by atoms with van der Waals surface area (Å²) in [7, 11) is 1.60. The van der Waals surface area contributed by atoms with E-state index in [4.69, 9.17) is 30.8 Å². The molecule has 3 aliphatic rings. The molecule has 10 rings (SSSR count). The van der Waals surface area contributed by atoms with Gasteiger partial charge in [0.25, 0.3) is 0 Å². The molecular formula is C51H51ClFN7O6S. The number of carboxylic acid groups (broad SMARTS) is 1. The van der Waals surface area contributed by atoms with Crippen molar-refractivity contribution in [2.24, 2.45) is 0 Å². The van der Waals surface area contributed by atoms with Gasteiger partial charge in [0.15, 0.2) is 5.82 Å². The number of halogens is 2. The number of fused-ring (bicyclic) bond motifs is 6. The molecule has 0 amide bonds. The predicted molar refractivity (Wildman–Crippen MR) is 257 cm³/mol. The molecule has 7 aromatic rings. The summed E-state index contributed by atoms with van der Waals surface area (Å²) in [5, 5.41) is 21.5. The van der Waals surface area contributed by atoms with Crippen molar-refractivity contribution in [3.63, 3.8) is 0 Å². The van der Waals surface area contributed by atoms with Crippen LogP contribution in [0.3, 0.4) is 0 Å². The molecule has 6 heterocycles. The van der Waals surface area contributed by atoms with E-state index < -0.39 is 12.1 Å². The highest BCUT2D eigenvalue weighted by atomic mass is 35.5. The third-order valence-corrected chi connectivity index (χ3v) is 14.1. The van der Waals surface area contributed by atoms with E-state index in [-0.39, 0.29) is 31.3 Å². The van der Waals surface area contributed by atoms with Gasteiger partial charge in [0, 0.05) is 80.4 Å². The van der Waals surface area contributed by atoms with Gasteiger partial charge in [-0.2, -0.15) is 0 Å². The number of para-hydroxylation sites is 1. The minimum Gasteiger partial charge on any atom is -0.496 e. The fraction of sp³-hybridized carbons (Fsp3) is 0.314. The molecule has 0 spiro atoms. The zero-order chi connectivity index (χ0) is 46.4. The fourth-order valence-electron chi connectivity index (χ4n) is 8.93. The zero-order valence-electron chi connectivity index (χ0n) is 37.3. The molecule has 0 saturated carbocycles. The maximum Gasteiger partial charge on any atom is 0.345 e. The molecule has 3 aliphatic heterocycles. The first kappa shape index (κ1) is 46.1. The second kappa shape index (κ2) is 20.8. The number of nitrogens with zero attached hydrogens (tertiary/aromatic N) is 7. The number of benzene rings is 4. The van der Waals surface area contributed by atoms with Gasteiger partial charge in [-0.25, -0.2) is 29.1 Å². The van der Waals surface area contributed by atoms with E-state index in [9.17, 15) is 19.4 Å². The van der Waals surface area contributed by atoms with Gasteiger partial charge in [-0.05, 0) is 89.7 Å². The van der Waals surface area contributed by atoms with Crippen molar-refractivity contribution in [1.29, 1.82) is 0 Å². The molecule has 1 saturated heterocycles. The summed E-state index contributed by atoms with van der Waals surface area (Å²) in [4.78, 5) is 40.3. The van der Waals surface area contributed by atoms with Crippen molar-refractivity contribution in [2.75, 3.05) is 59.5 Å². The Morgan fingerprint density at radius 2 is 1.66 bits per heavy atom. The Hall–Kier alpha value is -6.07. The van der Waals surface area contributed by atoms with Crippen LogP contribution in [-0.4, -0.2) is 116 Å². The Morgan fingerprint density at radius 1 is 0.881 bits per heavy atom. The molecule has 13 nitrogen and oxygen atoms in total. The van der Waals surface area contributed by atoms with E-state index in [0.29, 0.717) is 63.5 Å². The normalized spacial score (nSPS) is 16.0. The van der Waals surface area contributed by atoms with Gasteiger partial charge in [0.2, 0.25) is 12.0 Å². The lowest BCUT2D eigenvalue weighted by molar-refractivity contribution is -0.145. The van der Waals surface area contributed by atoms with Gasteiger partial charge in [-0.15, -0.1) is 11.3 Å². The van der Waals surface area contributed by atoms with Crippen LogP contribution in [0.4, 0.5) is 4.39 Å². The fourth-order valence-corrected chi connectivity index (χ4v) is 10.3. The van der Waals surface area contributed by atoms with Crippen LogP contribution in [0.15, 0.2) is 97.5 Å². The third kappa shape index (κ3) is 10.4. The number of piperazine rings is 1. The number of carboxylic acids is 1. The maximum atomic E-state index is 14.3. The Morgan fingerprint density at radius 3 is 2.43 bits per heavy atom. The summed E-state index contributed by atoms with van der Waals surface area (Å²) in [6.07, 6.45) is 2.52. The van der Waals surface area contributed by atoms with Crippen LogP contribution in [0, 0.1) is 12.7 Å². The number of ether oxygens (including phenoxy) is 3. The molecule has 16 heteroatoms. The highest BCUT2D eigenvalue weighted by Crippen LogP contribution is 2.49. The van der Waals surface area contributed by atoms with Crippen molar-refractivity contribution in [1.82, 2.24) is 34.6 Å². The number of β-amino-alcohol motifs (C(OH)–C–C–N with tert-alkyl or cyclic N) is 1. The van der Waals surface area contributed by atoms with Gasteiger partial charge in [-0.3, -0.25) is 9.80 Å². The summed E-state index contributed by atoms with van der Waals surface area (Å²) in [5.74, 6) is 0.179. The Kier molecular flexibility index (Phi) is 14.3. The number of rotatable bonds is 13. The van der Waals surface area contributed by atoms with E-state index in [2.05, 4.69) is 35.7 Å². The molecule has 67 heavy (non-hydrogen) atoms. The smallest absolute Gasteiger partial charge is 0.345 e. The molecule has 346 valence electrons. The van der Waals surface area contributed by atoms with Gasteiger partial charge in [0.1, 0.15) is 35.1 Å². The van der Waals surface area contributed by atoms with Crippen LogP contribution in [0.25, 0.3) is 43.2 Å². The minimum absolute atomic E-state index is 0.0502. The van der Waals surface area contributed by atoms with Crippen molar-refractivity contribution in [3.8, 4) is 50.3 Å². The third-order valence-electron chi connectivity index (χ3n) is 12.4. The second-order valence-corrected chi connectivity index (χ2v) is 18.2. The van der Waals surface area contributed by atoms with E-state index >= 15 is 0 Å². The molecule has 0 unspecified atom stereocenters. The summed E-state index contributed by atoms with van der Waals surface area (Å²) >= 11 is 8.79. The molecule has 1 atom stereocenters. The minimum atomic E-state index is -1.39. The first-order valence-electron chi connectivity index (χ1n) is 22.3. The summed E-state index contributed by atoms with van der Waals surface area (Å²) in [6, 6.07) is 25.6. The maximum absolute atomic E-state index is 14.3. The number of methoxy groups -OCH3 is 1. The lowest BCUT2D eigenvalue weighted by atomic mass is 9.94. The molecule has 0 radical (unpaired) electrons. The van der Waals surface area contributed by atoms with Crippen LogP contribution in [0.2, 0.25) is 5.02 Å². The Labute approximate surface area is 397 Å². The summed E-state index contributed by atoms with van der Waals surface area (Å²) in [5.41, 5.74) is 7.06. The predicted octanol–water partition coefficient (Wildman–Crippen LogP) is 8.56. The molecule has 1 fully saturated rings. The molecule has 4 aromatic carbocycles. The summed E-state index contributed by atoms with van der Waals surface area (Å²) in [6.45, 7) is 9.50. The van der Waals surface area contributed by atoms with E-state index in [1.165, 1.54) is 29.8 Å². The number of hydrogen-bond donors (Lipinski definition) is 2. The van der Waals surface area contributed by atoms with Gasteiger partial charge >= 0.3 is 5.97 Å². The number of hydrogen-bond acceptors (Lipinski definition) is 13. The Balaban J connectivity index is 1.10. The van der Waals surface area contributed by atoms with Crippen molar-refractivity contribution in [2.45, 2.75) is 45.6 Å². The number of aromatic nitrogens is 4. The Bertz CT molecular complexity index is 2880. The van der Waals surface area contributed by atoms with Crippen LogP contribution < -0.4 is 14.2 Å². The van der Waals surface area contributed by atoms with E-state index in [0.717, 1.165) is 89.5 Å². The van der Waals surface area contributed by atoms with E-state index in [1.807, 2.05) is 55.5 Å². The van der Waals surface area contributed by atoms with Crippen LogP contribution >= 0.6 is 22.9 Å². The van der Waals surface area contributed by atoms with Crippen LogP contribution in [-0.2, 0) is 30.9 Å². The number of aliphatic carboxylic acids is 1. The highest BCUT2D eigenvalue weighted by molar-refractivity contribution is 7.22. The van der Waals surface area contributed by atoms with Crippen LogP contribution in [0.5, 0.6) is 17.4 Å². The van der Waals surface area contributed by atoms with Gasteiger partial charge in [-0.1, -0.05) is 60.1 Å². The molecular weight excluding hydrogens is 893 g/mol. The van der Waals surface area contributed by atoms with Crippen LogP contribution in [0.1, 0.15) is 34.4 Å². The average Bonchev–Trinajstić information content (AvgIpc) is 3.73. The van der Waals surface area contributed by atoms with Crippen molar-refractivity contribution < 1.29 is 33.6 Å². The average molecular weight is 945 g/mol. The number of carbonyl (C=O) groups is 1. The lowest BCUT2D eigenvalue weighted by Crippen LogP contribution is -2.47. The van der Waals surface area contributed by atoms with Crippen molar-refractivity contribution >= 4 is 39.1 Å². The zero-order valence-corrected chi connectivity index (χ0v) is 38.9. The number of thiophene rings is 1. The monoisotopic (exact) mass is 943 g/mol. The van der Waals surface area contributed by atoms with Crippen molar-refractivity contribution in [3.05, 3.63) is 136 Å². The standard InChI is InChI=1S/C51H51ClFN7O6S/c1-32-39-14-11-35(46(32)52)29-60(19-5-18-58-20-22-59(23-21-58)24-25-61)28-33-8-15-41(65-30-38-16-17-54-48(57-38)40-6-3-4-7-42(40)64-2)36(26-33)27-43(51(62)63)66-49-45-44(39)47(67-50(45)56-31-55-49)34-9-12-37(53)13-10-34/h3-4,6-17,26,31,43,61H,5,18-25,27-30H2,1-2H3,(H,62,63)/t43-/m1/s1. The molecule has 0 aliphatic carbocycles. The number of aliphatic hydroxyl groups is 1. The number of aliphatic hydroxyl groups excluding tert-OH is 1. The highest BCUT2D eigenvalue weighted by Gasteiger charge is 2.29. The summed E-state index contributed by atoms with van der Waals surface area (Å²) < 4.78 is 32.9. The molecule has 3 aromatic heterocycles. The molecule has 2 N–H and O–H groups in total.